The van der Waals surface area contributed by atoms with Crippen LogP contribution in [0.4, 0.5) is 0 Å². The number of carbonyl (C=O) groups is 1. The highest BCUT2D eigenvalue weighted by Gasteiger charge is 2.20. The van der Waals surface area contributed by atoms with E-state index in [2.05, 4.69) is 18.3 Å². The molecule has 0 fully saturated rings. The maximum atomic E-state index is 11.9. The zero-order chi connectivity index (χ0) is 12.3. The number of nitrogens with one attached hydrogen (secondary N) is 1. The largest absolute Gasteiger partial charge is 0.383 e. The molecule has 0 saturated carbocycles. The van der Waals surface area contributed by atoms with E-state index in [1.54, 1.807) is 18.4 Å². The third kappa shape index (κ3) is 3.07. The molecule has 1 atom stereocenters. The van der Waals surface area contributed by atoms with Crippen LogP contribution in [0.5, 0.6) is 0 Å². The van der Waals surface area contributed by atoms with E-state index in [0.29, 0.717) is 13.2 Å². The molecule has 1 aliphatic carbocycles. The van der Waals surface area contributed by atoms with Gasteiger partial charge in [0.1, 0.15) is 0 Å². The molecule has 4 heteroatoms. The lowest BCUT2D eigenvalue weighted by Crippen LogP contribution is -2.26. The minimum atomic E-state index is 0.0362. The Morgan fingerprint density at radius 2 is 2.47 bits per heavy atom. The van der Waals surface area contributed by atoms with Crippen molar-refractivity contribution in [3.05, 3.63) is 21.4 Å². The zero-order valence-electron chi connectivity index (χ0n) is 10.4. The van der Waals surface area contributed by atoms with Crippen LogP contribution in [0.15, 0.2) is 6.07 Å². The first-order valence-electron chi connectivity index (χ1n) is 6.09. The molecule has 2 rings (SSSR count). The molecule has 1 amide bonds. The van der Waals surface area contributed by atoms with Crippen LogP contribution >= 0.6 is 11.3 Å². The Morgan fingerprint density at radius 1 is 1.65 bits per heavy atom. The van der Waals surface area contributed by atoms with Gasteiger partial charge in [-0.25, -0.2) is 0 Å². The summed E-state index contributed by atoms with van der Waals surface area (Å²) < 4.78 is 4.91. The summed E-state index contributed by atoms with van der Waals surface area (Å²) in [5, 5.41) is 2.87. The van der Waals surface area contributed by atoms with Gasteiger partial charge in [-0.15, -0.1) is 11.3 Å². The van der Waals surface area contributed by atoms with Crippen molar-refractivity contribution in [2.75, 3.05) is 20.3 Å². The van der Waals surface area contributed by atoms with Gasteiger partial charge in [-0.1, -0.05) is 6.92 Å². The highest BCUT2D eigenvalue weighted by Crippen LogP contribution is 2.32. The van der Waals surface area contributed by atoms with Crippen LogP contribution in [-0.2, 0) is 17.6 Å². The number of ether oxygens (including phenoxy) is 1. The van der Waals surface area contributed by atoms with Gasteiger partial charge in [0.05, 0.1) is 11.5 Å². The minimum Gasteiger partial charge on any atom is -0.383 e. The topological polar surface area (TPSA) is 38.3 Å². The van der Waals surface area contributed by atoms with E-state index in [1.165, 1.54) is 16.9 Å². The lowest BCUT2D eigenvalue weighted by atomic mass is 9.90. The summed E-state index contributed by atoms with van der Waals surface area (Å²) >= 11 is 1.65. The third-order valence-electron chi connectivity index (χ3n) is 3.14. The summed E-state index contributed by atoms with van der Waals surface area (Å²) in [6.07, 6.45) is 3.50. The molecule has 17 heavy (non-hydrogen) atoms. The molecule has 1 N–H and O–H groups in total. The van der Waals surface area contributed by atoms with E-state index >= 15 is 0 Å². The molecule has 0 saturated heterocycles. The van der Waals surface area contributed by atoms with Gasteiger partial charge in [0.15, 0.2) is 0 Å². The van der Waals surface area contributed by atoms with Gasteiger partial charge >= 0.3 is 0 Å². The summed E-state index contributed by atoms with van der Waals surface area (Å²) in [6.45, 7) is 3.42. The molecule has 1 heterocycles. The normalized spacial score (nSPS) is 18.8. The first kappa shape index (κ1) is 12.6. The molecule has 1 aromatic heterocycles. The average Bonchev–Trinajstić information content (AvgIpc) is 2.72. The second-order valence-corrected chi connectivity index (χ2v) is 5.79. The fourth-order valence-corrected chi connectivity index (χ4v) is 3.30. The SMILES string of the molecule is COCCNC(=O)c1cc2c(s1)CC[C@H](C)C2. The molecular weight excluding hydrogens is 234 g/mol. The number of aryl methyl sites for hydroxylation is 1. The molecule has 94 valence electrons. The number of thiophene rings is 1. The van der Waals surface area contributed by atoms with E-state index < -0.39 is 0 Å². The minimum absolute atomic E-state index is 0.0362. The quantitative estimate of drug-likeness (QED) is 0.836. The van der Waals surface area contributed by atoms with Gasteiger partial charge in [0.2, 0.25) is 0 Å². The number of amides is 1. The van der Waals surface area contributed by atoms with E-state index in [-0.39, 0.29) is 5.91 Å². The van der Waals surface area contributed by atoms with Gasteiger partial charge in [0, 0.05) is 18.5 Å². The van der Waals surface area contributed by atoms with Gasteiger partial charge in [0.25, 0.3) is 5.91 Å². The Morgan fingerprint density at radius 3 is 3.24 bits per heavy atom. The first-order chi connectivity index (χ1) is 8.20. The van der Waals surface area contributed by atoms with Crippen LogP contribution in [0.25, 0.3) is 0 Å². The van der Waals surface area contributed by atoms with Crippen molar-refractivity contribution in [1.29, 1.82) is 0 Å². The molecular formula is C13H19NO2S. The lowest BCUT2D eigenvalue weighted by molar-refractivity contribution is 0.0941. The van der Waals surface area contributed by atoms with Gasteiger partial charge in [-0.3, -0.25) is 4.79 Å². The number of fused-ring (bicyclic) bond motifs is 1. The van der Waals surface area contributed by atoms with Crippen LogP contribution in [-0.4, -0.2) is 26.2 Å². The summed E-state index contributed by atoms with van der Waals surface area (Å²) in [7, 11) is 1.64. The Labute approximate surface area is 106 Å². The number of rotatable bonds is 4. The van der Waals surface area contributed by atoms with Crippen molar-refractivity contribution in [1.82, 2.24) is 5.32 Å². The summed E-state index contributed by atoms with van der Waals surface area (Å²) in [4.78, 5) is 14.1. The Bertz CT molecular complexity index is 400. The fourth-order valence-electron chi connectivity index (χ4n) is 2.17. The molecule has 0 aromatic carbocycles. The molecule has 0 aliphatic heterocycles. The van der Waals surface area contributed by atoms with E-state index in [0.717, 1.165) is 23.6 Å². The molecule has 0 spiro atoms. The number of hydrogen-bond acceptors (Lipinski definition) is 3. The maximum Gasteiger partial charge on any atom is 0.261 e. The third-order valence-corrected chi connectivity index (χ3v) is 4.38. The smallest absolute Gasteiger partial charge is 0.261 e. The van der Waals surface area contributed by atoms with Crippen molar-refractivity contribution >= 4 is 17.2 Å². The van der Waals surface area contributed by atoms with Crippen LogP contribution in [0.1, 0.15) is 33.5 Å². The highest BCUT2D eigenvalue weighted by atomic mass is 32.1. The first-order valence-corrected chi connectivity index (χ1v) is 6.91. The predicted molar refractivity (Wildman–Crippen MR) is 69.7 cm³/mol. The monoisotopic (exact) mass is 253 g/mol. The second kappa shape index (κ2) is 5.65. The Kier molecular flexibility index (Phi) is 4.18. The Balaban J connectivity index is 2.00. The number of methoxy groups -OCH3 is 1. The number of hydrogen-bond donors (Lipinski definition) is 1. The van der Waals surface area contributed by atoms with Crippen molar-refractivity contribution in [3.8, 4) is 0 Å². The highest BCUT2D eigenvalue weighted by molar-refractivity contribution is 7.14. The molecule has 0 radical (unpaired) electrons. The van der Waals surface area contributed by atoms with E-state index in [4.69, 9.17) is 4.74 Å². The van der Waals surface area contributed by atoms with Crippen LogP contribution < -0.4 is 5.32 Å². The summed E-state index contributed by atoms with van der Waals surface area (Å²) in [6, 6.07) is 2.07. The zero-order valence-corrected chi connectivity index (χ0v) is 11.2. The van der Waals surface area contributed by atoms with Gasteiger partial charge in [-0.05, 0) is 36.8 Å². The van der Waals surface area contributed by atoms with Gasteiger partial charge in [-0.2, -0.15) is 0 Å². The second-order valence-electron chi connectivity index (χ2n) is 4.66. The number of carbonyl (C=O) groups excluding carboxylic acids is 1. The van der Waals surface area contributed by atoms with Crippen molar-refractivity contribution < 1.29 is 9.53 Å². The summed E-state index contributed by atoms with van der Waals surface area (Å²) in [5.74, 6) is 0.788. The predicted octanol–water partition coefficient (Wildman–Crippen LogP) is 2.25. The molecule has 3 nitrogen and oxygen atoms in total. The molecule has 0 unspecified atom stereocenters. The molecule has 0 bridgehead atoms. The van der Waals surface area contributed by atoms with E-state index in [9.17, 15) is 4.79 Å². The van der Waals surface area contributed by atoms with Crippen molar-refractivity contribution in [2.24, 2.45) is 5.92 Å². The average molecular weight is 253 g/mol. The standard InChI is InChI=1S/C13H19NO2S/c1-9-3-4-11-10(7-9)8-12(17-11)13(15)14-5-6-16-2/h8-9H,3-7H2,1-2H3,(H,14,15)/t9-/m0/s1. The van der Waals surface area contributed by atoms with Crippen LogP contribution in [0, 0.1) is 5.92 Å². The fraction of sp³-hybridized carbons (Fsp3) is 0.615. The van der Waals surface area contributed by atoms with Crippen LogP contribution in [0.3, 0.4) is 0 Å². The van der Waals surface area contributed by atoms with E-state index in [1.807, 2.05) is 0 Å². The van der Waals surface area contributed by atoms with Crippen molar-refractivity contribution in [3.63, 3.8) is 0 Å². The van der Waals surface area contributed by atoms with Crippen molar-refractivity contribution in [2.45, 2.75) is 26.2 Å². The maximum absolute atomic E-state index is 11.9. The summed E-state index contributed by atoms with van der Waals surface area (Å²) in [5.41, 5.74) is 1.38. The molecule has 1 aliphatic rings. The Hall–Kier alpha value is -0.870. The molecule has 1 aromatic rings. The van der Waals surface area contributed by atoms with Gasteiger partial charge < -0.3 is 10.1 Å². The lowest BCUT2D eigenvalue weighted by Gasteiger charge is -2.16. The van der Waals surface area contributed by atoms with Crippen LogP contribution in [0.2, 0.25) is 0 Å².